The van der Waals surface area contributed by atoms with Gasteiger partial charge in [0.25, 0.3) is 5.69 Å². The fraction of sp³-hybridized carbons (Fsp3) is 0.211. The maximum absolute atomic E-state index is 12.8. The Morgan fingerprint density at radius 2 is 1.76 bits per heavy atom. The van der Waals surface area contributed by atoms with Crippen molar-refractivity contribution in [1.29, 1.82) is 0 Å². The number of rotatable bonds is 2. The van der Waals surface area contributed by atoms with Crippen LogP contribution in [0, 0.1) is 10.1 Å². The summed E-state index contributed by atoms with van der Waals surface area (Å²) >= 11 is 0. The molecule has 6 nitrogen and oxygen atoms in total. The average molecular weight is 338 g/mol. The highest BCUT2D eigenvalue weighted by Crippen LogP contribution is 2.31. The third-order valence-corrected chi connectivity index (χ3v) is 3.64. The molecular weight excluding hydrogens is 320 g/mol. The summed E-state index contributed by atoms with van der Waals surface area (Å²) in [6.07, 6.45) is -0.518. The smallest absolute Gasteiger partial charge is 0.419 e. The molecule has 0 aliphatic rings. The predicted octanol–water partition coefficient (Wildman–Crippen LogP) is 5.00. The van der Waals surface area contributed by atoms with Gasteiger partial charge in [-0.1, -0.05) is 30.3 Å². The van der Waals surface area contributed by atoms with Crippen LogP contribution < -0.4 is 0 Å². The fourth-order valence-electron chi connectivity index (χ4n) is 2.64. The van der Waals surface area contributed by atoms with E-state index in [9.17, 15) is 14.9 Å². The summed E-state index contributed by atoms with van der Waals surface area (Å²) in [5.74, 6) is 0. The Hall–Kier alpha value is -3.15. The topological polar surface area (TPSA) is 74.4 Å². The normalized spacial score (nSPS) is 11.5. The predicted molar refractivity (Wildman–Crippen MR) is 95.7 cm³/mol. The summed E-state index contributed by atoms with van der Waals surface area (Å²) in [6, 6.07) is 15.6. The first-order chi connectivity index (χ1) is 11.8. The summed E-state index contributed by atoms with van der Waals surface area (Å²) in [7, 11) is 0. The first kappa shape index (κ1) is 16.7. The maximum atomic E-state index is 12.8. The van der Waals surface area contributed by atoms with E-state index < -0.39 is 16.6 Å². The summed E-state index contributed by atoms with van der Waals surface area (Å²) in [5, 5.41) is 11.6. The van der Waals surface area contributed by atoms with E-state index in [2.05, 4.69) is 0 Å². The molecule has 0 radical (unpaired) electrons. The Labute approximate surface area is 144 Å². The van der Waals surface area contributed by atoms with E-state index in [4.69, 9.17) is 4.74 Å². The second-order valence-corrected chi connectivity index (χ2v) is 6.71. The lowest BCUT2D eigenvalue weighted by Crippen LogP contribution is -2.27. The molecule has 0 atom stereocenters. The van der Waals surface area contributed by atoms with Crippen LogP contribution in [-0.2, 0) is 4.74 Å². The third-order valence-electron chi connectivity index (χ3n) is 3.64. The van der Waals surface area contributed by atoms with Gasteiger partial charge in [-0.3, -0.25) is 10.1 Å². The molecule has 2 aromatic carbocycles. The first-order valence-corrected chi connectivity index (χ1v) is 7.85. The van der Waals surface area contributed by atoms with Crippen LogP contribution in [0.1, 0.15) is 20.8 Å². The maximum Gasteiger partial charge on any atom is 0.419 e. The van der Waals surface area contributed by atoms with Crippen molar-refractivity contribution >= 4 is 22.7 Å². The first-order valence-electron chi connectivity index (χ1n) is 7.85. The Morgan fingerprint density at radius 3 is 2.36 bits per heavy atom. The fourth-order valence-corrected chi connectivity index (χ4v) is 2.64. The van der Waals surface area contributed by atoms with Crippen molar-refractivity contribution in [3.8, 4) is 11.3 Å². The molecule has 0 spiro atoms. The molecular formula is C19H18N2O4. The number of nitro groups is 1. The Kier molecular flexibility index (Phi) is 4.04. The van der Waals surface area contributed by atoms with Crippen molar-refractivity contribution in [3.63, 3.8) is 0 Å². The number of fused-ring (bicyclic) bond motifs is 1. The van der Waals surface area contributed by atoms with Crippen LogP contribution in [0.4, 0.5) is 10.5 Å². The molecule has 0 aliphatic heterocycles. The number of nitrogens with zero attached hydrogens (tertiary/aromatic N) is 2. The number of aromatic nitrogens is 1. The Bertz CT molecular complexity index is 953. The van der Waals surface area contributed by atoms with Gasteiger partial charge < -0.3 is 4.74 Å². The van der Waals surface area contributed by atoms with Gasteiger partial charge in [0.1, 0.15) is 5.60 Å². The van der Waals surface area contributed by atoms with E-state index in [0.29, 0.717) is 16.6 Å². The molecule has 3 rings (SSSR count). The molecule has 25 heavy (non-hydrogen) atoms. The molecule has 0 N–H and O–H groups in total. The number of carbonyl (C=O) groups is 1. The Balaban J connectivity index is 2.23. The van der Waals surface area contributed by atoms with E-state index in [1.165, 1.54) is 16.7 Å². The molecule has 0 amide bonds. The van der Waals surface area contributed by atoms with Gasteiger partial charge in [0.05, 0.1) is 16.1 Å². The summed E-state index contributed by atoms with van der Waals surface area (Å²) in [4.78, 5) is 23.3. The van der Waals surface area contributed by atoms with Crippen LogP contribution >= 0.6 is 0 Å². The zero-order valence-corrected chi connectivity index (χ0v) is 14.2. The monoisotopic (exact) mass is 338 g/mol. The lowest BCUT2D eigenvalue weighted by atomic mass is 10.1. The van der Waals surface area contributed by atoms with Gasteiger partial charge in [-0.15, -0.1) is 0 Å². The quantitative estimate of drug-likeness (QED) is 0.487. The van der Waals surface area contributed by atoms with Gasteiger partial charge in [0.2, 0.25) is 0 Å². The van der Waals surface area contributed by atoms with Crippen LogP contribution in [0.25, 0.3) is 22.2 Å². The molecule has 3 aromatic rings. The molecule has 1 aromatic heterocycles. The number of hydrogen-bond acceptors (Lipinski definition) is 4. The van der Waals surface area contributed by atoms with E-state index in [-0.39, 0.29) is 5.69 Å². The van der Waals surface area contributed by atoms with Crippen molar-refractivity contribution in [2.24, 2.45) is 0 Å². The van der Waals surface area contributed by atoms with Crippen molar-refractivity contribution in [3.05, 3.63) is 64.7 Å². The number of nitro benzene ring substituents is 1. The van der Waals surface area contributed by atoms with Gasteiger partial charge in [0.15, 0.2) is 0 Å². The molecule has 0 bridgehead atoms. The van der Waals surface area contributed by atoms with Crippen LogP contribution in [0.2, 0.25) is 0 Å². The highest BCUT2D eigenvalue weighted by atomic mass is 16.6. The van der Waals surface area contributed by atoms with Gasteiger partial charge >= 0.3 is 6.09 Å². The zero-order valence-electron chi connectivity index (χ0n) is 14.2. The Morgan fingerprint density at radius 1 is 1.08 bits per heavy atom. The van der Waals surface area contributed by atoms with Crippen LogP contribution in [-0.4, -0.2) is 21.2 Å². The van der Waals surface area contributed by atoms with Crippen molar-refractivity contribution in [2.75, 3.05) is 0 Å². The van der Waals surface area contributed by atoms with Gasteiger partial charge in [0, 0.05) is 17.5 Å². The molecule has 128 valence electrons. The van der Waals surface area contributed by atoms with Crippen molar-refractivity contribution in [1.82, 2.24) is 4.57 Å². The third kappa shape index (κ3) is 3.38. The van der Waals surface area contributed by atoms with Gasteiger partial charge in [-0.2, -0.15) is 0 Å². The largest absolute Gasteiger partial charge is 0.443 e. The van der Waals surface area contributed by atoms with E-state index in [1.54, 1.807) is 32.9 Å². The zero-order chi connectivity index (χ0) is 18.2. The average Bonchev–Trinajstić information content (AvgIpc) is 2.92. The van der Waals surface area contributed by atoms with E-state index in [1.807, 2.05) is 30.3 Å². The van der Waals surface area contributed by atoms with Gasteiger partial charge in [-0.25, -0.2) is 9.36 Å². The minimum absolute atomic E-state index is 0.0200. The minimum Gasteiger partial charge on any atom is -0.443 e. The minimum atomic E-state index is -0.650. The standard InChI is InChI=1S/C19H18N2O4/c1-19(2,3)25-18(22)20-16-10-9-15(21(23)24)11-14(16)12-17(20)13-7-5-4-6-8-13/h4-12H,1-3H3. The summed E-state index contributed by atoms with van der Waals surface area (Å²) in [6.45, 7) is 5.39. The molecule has 0 fully saturated rings. The van der Waals surface area contributed by atoms with Crippen molar-refractivity contribution < 1.29 is 14.5 Å². The SMILES string of the molecule is CC(C)(C)OC(=O)n1c(-c2ccccc2)cc2cc([N+](=O)[O-])ccc21. The molecule has 0 unspecified atom stereocenters. The van der Waals surface area contributed by atoms with Gasteiger partial charge in [-0.05, 0) is 38.5 Å². The number of benzene rings is 2. The molecule has 1 heterocycles. The number of non-ortho nitro benzene ring substituents is 1. The second kappa shape index (κ2) is 6.05. The lowest BCUT2D eigenvalue weighted by Gasteiger charge is -2.21. The highest BCUT2D eigenvalue weighted by molar-refractivity contribution is 5.97. The van der Waals surface area contributed by atoms with Crippen LogP contribution in [0.15, 0.2) is 54.6 Å². The molecule has 0 saturated carbocycles. The molecule has 0 saturated heterocycles. The lowest BCUT2D eigenvalue weighted by molar-refractivity contribution is -0.384. The summed E-state index contributed by atoms with van der Waals surface area (Å²) < 4.78 is 6.98. The van der Waals surface area contributed by atoms with Crippen LogP contribution in [0.3, 0.4) is 0 Å². The van der Waals surface area contributed by atoms with Crippen molar-refractivity contribution in [2.45, 2.75) is 26.4 Å². The van der Waals surface area contributed by atoms with Crippen LogP contribution in [0.5, 0.6) is 0 Å². The molecule has 0 aliphatic carbocycles. The molecule has 6 heteroatoms. The van der Waals surface area contributed by atoms with E-state index in [0.717, 1.165) is 5.56 Å². The number of carbonyl (C=O) groups excluding carboxylic acids is 1. The second-order valence-electron chi connectivity index (χ2n) is 6.71. The summed E-state index contributed by atoms with van der Waals surface area (Å²) in [5.41, 5.74) is 1.35. The highest BCUT2D eigenvalue weighted by Gasteiger charge is 2.23. The van der Waals surface area contributed by atoms with E-state index >= 15 is 0 Å². The number of ether oxygens (including phenoxy) is 1. The number of hydrogen-bond donors (Lipinski definition) is 0.